The zero-order valence-corrected chi connectivity index (χ0v) is 13.1. The second kappa shape index (κ2) is 7.28. The van der Waals surface area contributed by atoms with Gasteiger partial charge in [-0.25, -0.2) is 0 Å². The van der Waals surface area contributed by atoms with Crippen molar-refractivity contribution in [2.24, 2.45) is 11.3 Å². The van der Waals surface area contributed by atoms with Crippen LogP contribution in [0.1, 0.15) is 46.1 Å². The van der Waals surface area contributed by atoms with Crippen molar-refractivity contribution in [2.45, 2.75) is 47.1 Å². The van der Waals surface area contributed by atoms with Crippen LogP contribution in [0.3, 0.4) is 0 Å². The average Bonchev–Trinajstić information content (AvgIpc) is 2.45. The Bertz CT molecular complexity index is 450. The van der Waals surface area contributed by atoms with E-state index in [0.29, 0.717) is 12.5 Å². The van der Waals surface area contributed by atoms with E-state index in [0.717, 1.165) is 24.0 Å². The van der Waals surface area contributed by atoms with Crippen LogP contribution in [0.5, 0.6) is 0 Å². The molecule has 0 aliphatic carbocycles. The fraction of sp³-hybridized carbons (Fsp3) is 0.500. The molecular weight excluding hydrogens is 248 g/mol. The Hall–Kier alpha value is -1.57. The summed E-state index contributed by atoms with van der Waals surface area (Å²) in [6.45, 7) is 12.5. The molecule has 0 aromatic heterocycles. The molecule has 2 atom stereocenters. The quantitative estimate of drug-likeness (QED) is 0.530. The second-order valence-electron chi connectivity index (χ2n) is 5.89. The standard InChI is InChI=1S/C18H26O2/c1-6-15(4)12-18(5,14(2)3)17(19)20-13-16-10-8-7-9-11-16/h7-11,15H,2,6,12-13H2,1,3-5H3. The predicted octanol–water partition coefficient (Wildman–Crippen LogP) is 4.75. The van der Waals surface area contributed by atoms with Crippen LogP contribution in [0, 0.1) is 11.3 Å². The van der Waals surface area contributed by atoms with E-state index in [1.165, 1.54) is 0 Å². The summed E-state index contributed by atoms with van der Waals surface area (Å²) in [4.78, 5) is 12.4. The lowest BCUT2D eigenvalue weighted by atomic mass is 9.76. The predicted molar refractivity (Wildman–Crippen MR) is 83.2 cm³/mol. The highest BCUT2D eigenvalue weighted by Gasteiger charge is 2.36. The van der Waals surface area contributed by atoms with Crippen molar-refractivity contribution in [3.8, 4) is 0 Å². The van der Waals surface area contributed by atoms with Gasteiger partial charge >= 0.3 is 5.97 Å². The van der Waals surface area contributed by atoms with Crippen LogP contribution in [0.15, 0.2) is 42.5 Å². The molecule has 20 heavy (non-hydrogen) atoms. The molecule has 1 aromatic rings. The first kappa shape index (κ1) is 16.5. The topological polar surface area (TPSA) is 26.3 Å². The molecule has 110 valence electrons. The molecule has 0 radical (unpaired) electrons. The first-order chi connectivity index (χ1) is 9.40. The molecular formula is C18H26O2. The van der Waals surface area contributed by atoms with Gasteiger partial charge in [-0.1, -0.05) is 62.8 Å². The second-order valence-corrected chi connectivity index (χ2v) is 5.89. The Morgan fingerprint density at radius 3 is 2.45 bits per heavy atom. The zero-order valence-electron chi connectivity index (χ0n) is 13.1. The van der Waals surface area contributed by atoms with Gasteiger partial charge in [0.25, 0.3) is 0 Å². The van der Waals surface area contributed by atoms with E-state index in [2.05, 4.69) is 20.4 Å². The number of carbonyl (C=O) groups excluding carboxylic acids is 1. The highest BCUT2D eigenvalue weighted by atomic mass is 16.5. The van der Waals surface area contributed by atoms with Crippen LogP contribution in [0.4, 0.5) is 0 Å². The van der Waals surface area contributed by atoms with Gasteiger partial charge in [-0.3, -0.25) is 4.79 Å². The fourth-order valence-corrected chi connectivity index (χ4v) is 2.16. The number of carbonyl (C=O) groups is 1. The lowest BCUT2D eigenvalue weighted by molar-refractivity contribution is -0.155. The number of ether oxygens (including phenoxy) is 1. The summed E-state index contributed by atoms with van der Waals surface area (Å²) < 4.78 is 5.50. The maximum atomic E-state index is 12.4. The highest BCUT2D eigenvalue weighted by Crippen LogP contribution is 2.35. The van der Waals surface area contributed by atoms with Crippen LogP contribution in [-0.4, -0.2) is 5.97 Å². The number of rotatable bonds is 7. The molecule has 1 rings (SSSR count). The fourth-order valence-electron chi connectivity index (χ4n) is 2.16. The first-order valence-electron chi connectivity index (χ1n) is 7.27. The number of hydrogen-bond acceptors (Lipinski definition) is 2. The van der Waals surface area contributed by atoms with Crippen LogP contribution < -0.4 is 0 Å². The molecule has 0 aliphatic heterocycles. The molecule has 0 N–H and O–H groups in total. The molecule has 0 fully saturated rings. The van der Waals surface area contributed by atoms with Crippen molar-refractivity contribution in [3.63, 3.8) is 0 Å². The molecule has 0 bridgehead atoms. The van der Waals surface area contributed by atoms with E-state index in [1.807, 2.05) is 44.2 Å². The van der Waals surface area contributed by atoms with Gasteiger partial charge in [0, 0.05) is 0 Å². The van der Waals surface area contributed by atoms with Crippen molar-refractivity contribution in [1.82, 2.24) is 0 Å². The van der Waals surface area contributed by atoms with Gasteiger partial charge in [-0.2, -0.15) is 0 Å². The third-order valence-electron chi connectivity index (χ3n) is 4.06. The van der Waals surface area contributed by atoms with E-state index < -0.39 is 5.41 Å². The summed E-state index contributed by atoms with van der Waals surface area (Å²) in [7, 11) is 0. The Morgan fingerprint density at radius 2 is 1.95 bits per heavy atom. The Labute approximate surface area is 122 Å². The van der Waals surface area contributed by atoms with Crippen molar-refractivity contribution in [1.29, 1.82) is 0 Å². The molecule has 0 heterocycles. The Morgan fingerprint density at radius 1 is 1.35 bits per heavy atom. The normalized spacial score (nSPS) is 15.2. The molecule has 0 amide bonds. The van der Waals surface area contributed by atoms with Crippen LogP contribution >= 0.6 is 0 Å². The molecule has 0 aliphatic rings. The number of hydrogen-bond donors (Lipinski definition) is 0. The van der Waals surface area contributed by atoms with Crippen LogP contribution in [0.25, 0.3) is 0 Å². The highest BCUT2D eigenvalue weighted by molar-refractivity contribution is 5.79. The van der Waals surface area contributed by atoms with Crippen LogP contribution in [0.2, 0.25) is 0 Å². The molecule has 1 aromatic carbocycles. The van der Waals surface area contributed by atoms with E-state index >= 15 is 0 Å². The molecule has 0 saturated carbocycles. The first-order valence-corrected chi connectivity index (χ1v) is 7.27. The number of esters is 1. The Balaban J connectivity index is 2.72. The van der Waals surface area contributed by atoms with Gasteiger partial charge in [0.15, 0.2) is 0 Å². The smallest absolute Gasteiger partial charge is 0.316 e. The summed E-state index contributed by atoms with van der Waals surface area (Å²) in [6, 6.07) is 9.76. The number of benzene rings is 1. The van der Waals surface area contributed by atoms with Crippen LogP contribution in [-0.2, 0) is 16.1 Å². The average molecular weight is 274 g/mol. The maximum absolute atomic E-state index is 12.4. The van der Waals surface area contributed by atoms with Crippen molar-refractivity contribution >= 4 is 5.97 Å². The maximum Gasteiger partial charge on any atom is 0.316 e. The minimum atomic E-state index is -0.593. The molecule has 2 nitrogen and oxygen atoms in total. The van der Waals surface area contributed by atoms with E-state index in [9.17, 15) is 4.79 Å². The summed E-state index contributed by atoms with van der Waals surface area (Å²) in [6.07, 6.45) is 1.83. The minimum Gasteiger partial charge on any atom is -0.460 e. The Kier molecular flexibility index (Phi) is 6.00. The SMILES string of the molecule is C=C(C)C(C)(CC(C)CC)C(=O)OCc1ccccc1. The van der Waals surface area contributed by atoms with Gasteiger partial charge < -0.3 is 4.74 Å². The summed E-state index contributed by atoms with van der Waals surface area (Å²) in [5, 5.41) is 0. The third kappa shape index (κ3) is 4.22. The lowest BCUT2D eigenvalue weighted by Gasteiger charge is -2.30. The lowest BCUT2D eigenvalue weighted by Crippen LogP contribution is -2.32. The third-order valence-corrected chi connectivity index (χ3v) is 4.06. The van der Waals surface area contributed by atoms with Gasteiger partial charge in [-0.05, 0) is 31.7 Å². The summed E-state index contributed by atoms with van der Waals surface area (Å²) in [5.74, 6) is 0.301. The molecule has 0 saturated heterocycles. The van der Waals surface area contributed by atoms with Crippen molar-refractivity contribution in [2.75, 3.05) is 0 Å². The van der Waals surface area contributed by atoms with Gasteiger partial charge in [0.05, 0.1) is 5.41 Å². The minimum absolute atomic E-state index is 0.172. The molecule has 2 heteroatoms. The van der Waals surface area contributed by atoms with Crippen molar-refractivity contribution in [3.05, 3.63) is 48.0 Å². The van der Waals surface area contributed by atoms with E-state index in [4.69, 9.17) is 4.74 Å². The van der Waals surface area contributed by atoms with E-state index in [1.54, 1.807) is 0 Å². The van der Waals surface area contributed by atoms with Crippen molar-refractivity contribution < 1.29 is 9.53 Å². The summed E-state index contributed by atoms with van der Waals surface area (Å²) >= 11 is 0. The summed E-state index contributed by atoms with van der Waals surface area (Å²) in [5.41, 5.74) is 1.29. The van der Waals surface area contributed by atoms with E-state index in [-0.39, 0.29) is 5.97 Å². The van der Waals surface area contributed by atoms with Gasteiger partial charge in [-0.15, -0.1) is 0 Å². The largest absolute Gasteiger partial charge is 0.460 e. The zero-order chi connectivity index (χ0) is 15.2. The molecule has 0 spiro atoms. The molecule has 2 unspecified atom stereocenters. The van der Waals surface area contributed by atoms with Gasteiger partial charge in [0.2, 0.25) is 0 Å². The monoisotopic (exact) mass is 274 g/mol. The van der Waals surface area contributed by atoms with Gasteiger partial charge in [0.1, 0.15) is 6.61 Å².